The molecule has 1 atom stereocenters. The number of hydrogen-bond acceptors (Lipinski definition) is 3. The third-order valence-electron chi connectivity index (χ3n) is 5.75. The molecule has 1 aliphatic heterocycles. The van der Waals surface area contributed by atoms with E-state index in [1.165, 1.54) is 17.6 Å². The summed E-state index contributed by atoms with van der Waals surface area (Å²) in [7, 11) is 0. The van der Waals surface area contributed by atoms with Gasteiger partial charge in [-0.3, -0.25) is 0 Å². The monoisotopic (exact) mass is 399 g/mol. The molecule has 6 heteroatoms. The highest BCUT2D eigenvalue weighted by molar-refractivity contribution is 7.71. The number of rotatable bonds is 6. The summed E-state index contributed by atoms with van der Waals surface area (Å²) < 4.78 is 16.1. The third-order valence-corrected chi connectivity index (χ3v) is 6.05. The molecule has 1 unspecified atom stereocenters. The van der Waals surface area contributed by atoms with Crippen molar-refractivity contribution in [3.63, 3.8) is 0 Å². The summed E-state index contributed by atoms with van der Waals surface area (Å²) in [5.41, 5.74) is 3.08. The number of aromatic nitrogens is 2. The molecule has 1 fully saturated rings. The fraction of sp³-hybridized carbons (Fsp3) is 0.409. The molecule has 1 aromatic heterocycles. The van der Waals surface area contributed by atoms with Gasteiger partial charge in [-0.25, -0.2) is 4.39 Å². The van der Waals surface area contributed by atoms with Crippen molar-refractivity contribution in [1.82, 2.24) is 14.5 Å². The molecule has 1 aliphatic rings. The zero-order chi connectivity index (χ0) is 19.5. The van der Waals surface area contributed by atoms with Crippen LogP contribution in [0.15, 0.2) is 48.5 Å². The average molecular weight is 400 g/mol. The summed E-state index contributed by atoms with van der Waals surface area (Å²) in [6, 6.07) is 14.9. The lowest BCUT2D eigenvalue weighted by molar-refractivity contribution is 0.143. The van der Waals surface area contributed by atoms with E-state index in [4.69, 9.17) is 12.2 Å². The van der Waals surface area contributed by atoms with Gasteiger partial charge in [-0.1, -0.05) is 24.3 Å². The largest absolute Gasteiger partial charge is 0.388 e. The lowest BCUT2D eigenvalue weighted by Gasteiger charge is -2.33. The topological polar surface area (TPSA) is 44.2 Å². The minimum absolute atomic E-state index is 0.269. The zero-order valence-electron chi connectivity index (χ0n) is 15.9. The molecular formula is C22H26FN3OS. The Morgan fingerprint density at radius 3 is 2.57 bits per heavy atom. The second-order valence-corrected chi connectivity index (χ2v) is 7.99. The SMILES string of the molecule is OC(CCCN1CCC(n2c(=S)[nH]c3ccccc32)CC1)c1ccc(F)cc1. The van der Waals surface area contributed by atoms with Crippen LogP contribution < -0.4 is 0 Å². The number of aromatic amines is 1. The quantitative estimate of drug-likeness (QED) is 0.574. The van der Waals surface area contributed by atoms with Gasteiger partial charge in [0.1, 0.15) is 5.82 Å². The number of aliphatic hydroxyl groups excluding tert-OH is 1. The highest BCUT2D eigenvalue weighted by Crippen LogP contribution is 2.28. The number of piperidine rings is 1. The number of aliphatic hydroxyl groups is 1. The number of likely N-dealkylation sites (tertiary alicyclic amines) is 1. The summed E-state index contributed by atoms with van der Waals surface area (Å²) >= 11 is 5.56. The van der Waals surface area contributed by atoms with Gasteiger partial charge in [0.05, 0.1) is 17.1 Å². The zero-order valence-corrected chi connectivity index (χ0v) is 16.7. The summed E-state index contributed by atoms with van der Waals surface area (Å²) in [5, 5.41) is 10.3. The van der Waals surface area contributed by atoms with E-state index in [9.17, 15) is 9.50 Å². The Morgan fingerprint density at radius 1 is 1.11 bits per heavy atom. The number of nitrogens with zero attached hydrogens (tertiary/aromatic N) is 2. The van der Waals surface area contributed by atoms with E-state index in [-0.39, 0.29) is 5.82 Å². The fourth-order valence-electron chi connectivity index (χ4n) is 4.20. The first-order chi connectivity index (χ1) is 13.6. The van der Waals surface area contributed by atoms with Crippen molar-refractivity contribution < 1.29 is 9.50 Å². The minimum Gasteiger partial charge on any atom is -0.388 e. The number of hydrogen-bond donors (Lipinski definition) is 2. The fourth-order valence-corrected chi connectivity index (χ4v) is 4.56. The van der Waals surface area contributed by atoms with Crippen LogP contribution in [0.2, 0.25) is 0 Å². The Kier molecular flexibility index (Phi) is 5.90. The van der Waals surface area contributed by atoms with E-state index >= 15 is 0 Å². The molecule has 0 spiro atoms. The van der Waals surface area contributed by atoms with Crippen molar-refractivity contribution in [2.75, 3.05) is 19.6 Å². The van der Waals surface area contributed by atoms with Gasteiger partial charge in [-0.15, -0.1) is 0 Å². The highest BCUT2D eigenvalue weighted by atomic mass is 32.1. The number of H-pyrrole nitrogens is 1. The molecule has 0 saturated carbocycles. The van der Waals surface area contributed by atoms with E-state index < -0.39 is 6.10 Å². The number of halogens is 1. The third kappa shape index (κ3) is 4.19. The maximum absolute atomic E-state index is 13.0. The van der Waals surface area contributed by atoms with Crippen LogP contribution in [0, 0.1) is 10.6 Å². The van der Waals surface area contributed by atoms with E-state index in [1.54, 1.807) is 12.1 Å². The number of para-hydroxylation sites is 2. The molecule has 2 aromatic carbocycles. The van der Waals surface area contributed by atoms with Crippen LogP contribution in [0.3, 0.4) is 0 Å². The normalized spacial score (nSPS) is 17.2. The van der Waals surface area contributed by atoms with Crippen molar-refractivity contribution in [2.45, 2.75) is 37.8 Å². The molecule has 28 heavy (non-hydrogen) atoms. The Balaban J connectivity index is 1.28. The molecular weight excluding hydrogens is 373 g/mol. The minimum atomic E-state index is -0.525. The van der Waals surface area contributed by atoms with E-state index in [1.807, 2.05) is 6.07 Å². The van der Waals surface area contributed by atoms with E-state index in [0.29, 0.717) is 12.5 Å². The molecule has 4 nitrogen and oxygen atoms in total. The van der Waals surface area contributed by atoms with E-state index in [0.717, 1.165) is 54.7 Å². The van der Waals surface area contributed by atoms with Gasteiger partial charge in [0.25, 0.3) is 0 Å². The predicted octanol–water partition coefficient (Wildman–Crippen LogP) is 4.99. The second-order valence-electron chi connectivity index (χ2n) is 7.60. The van der Waals surface area contributed by atoms with Crippen molar-refractivity contribution in [2.24, 2.45) is 0 Å². The lowest BCUT2D eigenvalue weighted by Crippen LogP contribution is -2.35. The molecule has 1 saturated heterocycles. The Hall–Kier alpha value is -2.02. The smallest absolute Gasteiger partial charge is 0.178 e. The standard InChI is InChI=1S/C22H26FN3OS/c23-17-9-7-16(8-10-17)21(27)6-3-13-25-14-11-18(12-15-25)26-20-5-2-1-4-19(20)24-22(26)28/h1-2,4-5,7-10,18,21,27H,3,6,11-15H2,(H,24,28). The maximum atomic E-state index is 13.0. The van der Waals surface area contributed by atoms with Gasteiger partial charge in [-0.2, -0.15) is 0 Å². The van der Waals surface area contributed by atoms with Crippen LogP contribution in [0.4, 0.5) is 4.39 Å². The lowest BCUT2D eigenvalue weighted by atomic mass is 10.0. The summed E-state index contributed by atoms with van der Waals surface area (Å²) in [6.45, 7) is 3.06. The number of imidazole rings is 1. The first kappa shape index (κ1) is 19.3. The van der Waals surface area contributed by atoms with Crippen LogP contribution >= 0.6 is 12.2 Å². The Bertz CT molecular complexity index is 973. The predicted molar refractivity (Wildman–Crippen MR) is 112 cm³/mol. The molecule has 2 heterocycles. The first-order valence-electron chi connectivity index (χ1n) is 9.97. The van der Waals surface area contributed by atoms with Crippen molar-refractivity contribution in [3.05, 3.63) is 64.7 Å². The Labute approximate surface area is 169 Å². The molecule has 0 radical (unpaired) electrons. The number of fused-ring (bicyclic) bond motifs is 1. The molecule has 4 rings (SSSR count). The molecule has 0 amide bonds. The van der Waals surface area contributed by atoms with Gasteiger partial charge in [-0.05, 0) is 74.3 Å². The first-order valence-corrected chi connectivity index (χ1v) is 10.4. The van der Waals surface area contributed by atoms with E-state index in [2.05, 4.69) is 32.7 Å². The summed E-state index contributed by atoms with van der Waals surface area (Å²) in [4.78, 5) is 5.78. The number of nitrogens with one attached hydrogen (secondary N) is 1. The van der Waals surface area contributed by atoms with Gasteiger partial charge < -0.3 is 19.6 Å². The highest BCUT2D eigenvalue weighted by Gasteiger charge is 2.22. The van der Waals surface area contributed by atoms with Crippen molar-refractivity contribution in [3.8, 4) is 0 Å². The van der Waals surface area contributed by atoms with Gasteiger partial charge in [0.15, 0.2) is 4.77 Å². The number of benzene rings is 2. The van der Waals surface area contributed by atoms with Crippen LogP contribution in [0.25, 0.3) is 11.0 Å². The van der Waals surface area contributed by atoms with Crippen LogP contribution in [0.1, 0.15) is 43.4 Å². The van der Waals surface area contributed by atoms with Gasteiger partial charge >= 0.3 is 0 Å². The maximum Gasteiger partial charge on any atom is 0.178 e. The molecule has 2 N–H and O–H groups in total. The molecule has 0 bridgehead atoms. The molecule has 148 valence electrons. The van der Waals surface area contributed by atoms with Gasteiger partial charge in [0, 0.05) is 19.1 Å². The molecule has 3 aromatic rings. The Morgan fingerprint density at radius 2 is 1.82 bits per heavy atom. The van der Waals surface area contributed by atoms with Crippen molar-refractivity contribution >= 4 is 23.3 Å². The second kappa shape index (κ2) is 8.55. The van der Waals surface area contributed by atoms with Gasteiger partial charge in [0.2, 0.25) is 0 Å². The van der Waals surface area contributed by atoms with Crippen LogP contribution in [-0.2, 0) is 0 Å². The van der Waals surface area contributed by atoms with Crippen LogP contribution in [-0.4, -0.2) is 39.2 Å². The van der Waals surface area contributed by atoms with Crippen LogP contribution in [0.5, 0.6) is 0 Å². The summed E-state index contributed by atoms with van der Waals surface area (Å²) in [6.07, 6.45) is 3.25. The summed E-state index contributed by atoms with van der Waals surface area (Å²) in [5.74, 6) is -0.269. The molecule has 0 aliphatic carbocycles. The van der Waals surface area contributed by atoms with Crippen molar-refractivity contribution in [1.29, 1.82) is 0 Å². The average Bonchev–Trinajstić information content (AvgIpc) is 3.05.